The predicted octanol–water partition coefficient (Wildman–Crippen LogP) is 4.47. The predicted molar refractivity (Wildman–Crippen MR) is 115 cm³/mol. The fourth-order valence-corrected chi connectivity index (χ4v) is 3.85. The lowest BCUT2D eigenvalue weighted by Crippen LogP contribution is -2.32. The number of hydrogen-bond acceptors (Lipinski definition) is 6. The molecule has 0 saturated heterocycles. The molecule has 2 heterocycles. The zero-order chi connectivity index (χ0) is 23.0. The first-order chi connectivity index (χ1) is 15.2. The van der Waals surface area contributed by atoms with Crippen molar-refractivity contribution in [3.05, 3.63) is 69.4 Å². The second kappa shape index (κ2) is 8.54. The maximum Gasteiger partial charge on any atom is 0.387 e. The van der Waals surface area contributed by atoms with E-state index in [1.807, 2.05) is 26.0 Å². The summed E-state index contributed by atoms with van der Waals surface area (Å²) in [6, 6.07) is 8.87. The van der Waals surface area contributed by atoms with Crippen molar-refractivity contribution < 1.29 is 18.3 Å². The lowest BCUT2D eigenvalue weighted by molar-refractivity contribution is -0.113. The maximum atomic E-state index is 13.4. The molecule has 32 heavy (non-hydrogen) atoms. The van der Waals surface area contributed by atoms with Crippen molar-refractivity contribution in [2.75, 3.05) is 10.6 Å². The first-order valence-electron chi connectivity index (χ1n) is 9.63. The fraction of sp³-hybridized carbons (Fsp3) is 0.238. The van der Waals surface area contributed by atoms with Gasteiger partial charge in [0.05, 0.1) is 5.57 Å². The van der Waals surface area contributed by atoms with Gasteiger partial charge < -0.3 is 15.4 Å². The Kier molecular flexibility index (Phi) is 5.79. The Morgan fingerprint density at radius 1 is 1.22 bits per heavy atom. The monoisotopic (exact) mass is 460 g/mol. The summed E-state index contributed by atoms with van der Waals surface area (Å²) in [5, 5.41) is 17.7. The summed E-state index contributed by atoms with van der Waals surface area (Å²) in [6.07, 6.45) is 0. The van der Waals surface area contributed by atoms with E-state index in [1.165, 1.54) is 22.9 Å². The SMILES string of the molecule is CC1=C(C(=O)Nc2ccc(C)cc2C)[C@H](c2cc(Cl)ccc2OC(F)F)n2nnnc2N1. The van der Waals surface area contributed by atoms with Crippen LogP contribution in [0.25, 0.3) is 0 Å². The van der Waals surface area contributed by atoms with Gasteiger partial charge in [-0.15, -0.1) is 0 Å². The van der Waals surface area contributed by atoms with Gasteiger partial charge in [-0.05, 0) is 61.0 Å². The molecule has 1 amide bonds. The molecule has 1 aromatic heterocycles. The van der Waals surface area contributed by atoms with Crippen LogP contribution in [-0.2, 0) is 4.79 Å². The number of nitrogens with zero attached hydrogens (tertiary/aromatic N) is 4. The third kappa shape index (κ3) is 4.13. The Balaban J connectivity index is 1.82. The normalized spacial score (nSPS) is 15.4. The van der Waals surface area contributed by atoms with Gasteiger partial charge in [-0.1, -0.05) is 34.4 Å². The van der Waals surface area contributed by atoms with Crippen molar-refractivity contribution in [2.45, 2.75) is 33.4 Å². The number of tetrazole rings is 1. The minimum absolute atomic E-state index is 0.137. The Morgan fingerprint density at radius 2 is 2.00 bits per heavy atom. The van der Waals surface area contributed by atoms with E-state index in [9.17, 15) is 13.6 Å². The molecule has 0 unspecified atom stereocenters. The van der Waals surface area contributed by atoms with Gasteiger partial charge in [0.1, 0.15) is 11.8 Å². The molecule has 4 rings (SSSR count). The van der Waals surface area contributed by atoms with Gasteiger partial charge in [0, 0.05) is 22.0 Å². The Morgan fingerprint density at radius 3 is 2.72 bits per heavy atom. The Labute approximate surface area is 187 Å². The number of fused-ring (bicyclic) bond motifs is 1. The van der Waals surface area contributed by atoms with E-state index in [4.69, 9.17) is 16.3 Å². The van der Waals surface area contributed by atoms with Crippen LogP contribution in [0.4, 0.5) is 20.4 Å². The minimum atomic E-state index is -3.07. The third-order valence-electron chi connectivity index (χ3n) is 5.07. The summed E-state index contributed by atoms with van der Waals surface area (Å²) in [7, 11) is 0. The highest BCUT2D eigenvalue weighted by molar-refractivity contribution is 6.30. The van der Waals surface area contributed by atoms with Gasteiger partial charge in [-0.2, -0.15) is 13.5 Å². The highest BCUT2D eigenvalue weighted by Crippen LogP contribution is 2.40. The van der Waals surface area contributed by atoms with Crippen molar-refractivity contribution in [1.29, 1.82) is 0 Å². The quantitative estimate of drug-likeness (QED) is 0.583. The van der Waals surface area contributed by atoms with E-state index < -0.39 is 18.6 Å². The summed E-state index contributed by atoms with van der Waals surface area (Å²) in [6.45, 7) is 2.45. The zero-order valence-electron chi connectivity index (χ0n) is 17.4. The molecule has 3 aromatic rings. The van der Waals surface area contributed by atoms with Crippen molar-refractivity contribution in [3.63, 3.8) is 0 Å². The van der Waals surface area contributed by atoms with Crippen LogP contribution in [0.15, 0.2) is 47.7 Å². The average molecular weight is 461 g/mol. The van der Waals surface area contributed by atoms with Gasteiger partial charge in [0.25, 0.3) is 5.91 Å². The second-order valence-electron chi connectivity index (χ2n) is 7.35. The molecule has 8 nitrogen and oxygen atoms in total. The molecule has 1 aliphatic rings. The van der Waals surface area contributed by atoms with Crippen LogP contribution in [0.2, 0.25) is 5.02 Å². The van der Waals surface area contributed by atoms with Crippen LogP contribution in [-0.4, -0.2) is 32.7 Å². The number of carbonyl (C=O) groups is 1. The van der Waals surface area contributed by atoms with E-state index in [1.54, 1.807) is 13.0 Å². The fourth-order valence-electron chi connectivity index (χ4n) is 3.67. The molecule has 1 atom stereocenters. The molecule has 0 aliphatic carbocycles. The van der Waals surface area contributed by atoms with Crippen LogP contribution >= 0.6 is 11.6 Å². The number of amides is 1. The van der Waals surface area contributed by atoms with Gasteiger partial charge in [0.2, 0.25) is 5.95 Å². The number of benzene rings is 2. The van der Waals surface area contributed by atoms with Gasteiger partial charge in [-0.3, -0.25) is 4.79 Å². The molecule has 0 fully saturated rings. The van der Waals surface area contributed by atoms with E-state index >= 15 is 0 Å². The van der Waals surface area contributed by atoms with Crippen molar-refractivity contribution in [2.24, 2.45) is 0 Å². The summed E-state index contributed by atoms with van der Waals surface area (Å²) < 4.78 is 32.2. The first-order valence-corrected chi connectivity index (χ1v) is 10.0. The molecular formula is C21H19ClF2N6O2. The number of alkyl halides is 2. The molecule has 11 heteroatoms. The standard InChI is InChI=1S/C21H19ClF2N6O2/c1-10-4-6-15(11(2)8-10)26-19(31)17-12(3)25-21-27-28-29-30(21)18(17)14-9-13(22)5-7-16(14)32-20(23)24/h4-9,18,20H,1-3H3,(H,26,31)(H,25,27,29)/t18-/m0/s1. The van der Waals surface area contributed by atoms with Crippen LogP contribution in [0.1, 0.15) is 29.7 Å². The summed E-state index contributed by atoms with van der Waals surface area (Å²) in [4.78, 5) is 13.4. The average Bonchev–Trinajstić information content (AvgIpc) is 3.18. The number of aryl methyl sites for hydroxylation is 2. The number of halogens is 3. The molecule has 2 aromatic carbocycles. The van der Waals surface area contributed by atoms with E-state index in [0.29, 0.717) is 11.4 Å². The topological polar surface area (TPSA) is 94.0 Å². The molecule has 0 radical (unpaired) electrons. The van der Waals surface area contributed by atoms with Crippen molar-refractivity contribution in [3.8, 4) is 5.75 Å². The number of rotatable bonds is 5. The number of allylic oxidation sites excluding steroid dienone is 1. The molecule has 0 bridgehead atoms. The number of aromatic nitrogens is 4. The summed E-state index contributed by atoms with van der Waals surface area (Å²) >= 11 is 6.17. The molecule has 166 valence electrons. The third-order valence-corrected chi connectivity index (χ3v) is 5.31. The van der Waals surface area contributed by atoms with E-state index in [-0.39, 0.29) is 27.9 Å². The molecule has 2 N–H and O–H groups in total. The van der Waals surface area contributed by atoms with Crippen molar-refractivity contribution >= 4 is 29.1 Å². The number of carbonyl (C=O) groups excluding carboxylic acids is 1. The highest BCUT2D eigenvalue weighted by atomic mass is 35.5. The lowest BCUT2D eigenvalue weighted by atomic mass is 9.94. The summed E-state index contributed by atoms with van der Waals surface area (Å²) in [5.41, 5.74) is 3.47. The Bertz CT molecular complexity index is 1230. The molecule has 0 spiro atoms. The number of ether oxygens (including phenoxy) is 1. The largest absolute Gasteiger partial charge is 0.434 e. The van der Waals surface area contributed by atoms with Crippen LogP contribution in [0.3, 0.4) is 0 Å². The zero-order valence-corrected chi connectivity index (χ0v) is 18.1. The van der Waals surface area contributed by atoms with Crippen LogP contribution in [0, 0.1) is 13.8 Å². The number of anilines is 2. The highest BCUT2D eigenvalue weighted by Gasteiger charge is 2.36. The first kappa shape index (κ1) is 21.7. The van der Waals surface area contributed by atoms with E-state index in [2.05, 4.69) is 26.2 Å². The molecule has 1 aliphatic heterocycles. The van der Waals surface area contributed by atoms with Crippen LogP contribution < -0.4 is 15.4 Å². The lowest BCUT2D eigenvalue weighted by Gasteiger charge is -2.29. The van der Waals surface area contributed by atoms with Crippen molar-refractivity contribution in [1.82, 2.24) is 20.2 Å². The minimum Gasteiger partial charge on any atom is -0.434 e. The summed E-state index contributed by atoms with van der Waals surface area (Å²) in [5.74, 6) is -0.336. The smallest absolute Gasteiger partial charge is 0.387 e. The molecule has 0 saturated carbocycles. The second-order valence-corrected chi connectivity index (χ2v) is 7.78. The van der Waals surface area contributed by atoms with E-state index in [0.717, 1.165) is 11.1 Å². The van der Waals surface area contributed by atoms with Gasteiger partial charge in [0.15, 0.2) is 0 Å². The Hall–Kier alpha value is -3.53. The number of nitrogens with one attached hydrogen (secondary N) is 2. The molecular weight excluding hydrogens is 442 g/mol. The maximum absolute atomic E-state index is 13.4. The van der Waals surface area contributed by atoms with Gasteiger partial charge in [-0.25, -0.2) is 0 Å². The van der Waals surface area contributed by atoms with Crippen LogP contribution in [0.5, 0.6) is 5.75 Å². The number of hydrogen-bond donors (Lipinski definition) is 2. The van der Waals surface area contributed by atoms with Gasteiger partial charge >= 0.3 is 6.61 Å².